The number of hydrogen-bond acceptors (Lipinski definition) is 6. The Morgan fingerprint density at radius 2 is 2.00 bits per heavy atom. The molecule has 0 aliphatic carbocycles. The molecule has 2 aromatic heterocycles. The number of fused-ring (bicyclic) bond motifs is 1. The first-order chi connectivity index (χ1) is 13.5. The van der Waals surface area contributed by atoms with E-state index in [-0.39, 0.29) is 16.5 Å². The number of aromatic nitrogens is 3. The normalized spacial score (nSPS) is 11.0. The summed E-state index contributed by atoms with van der Waals surface area (Å²) in [5, 5.41) is 9.54. The van der Waals surface area contributed by atoms with Crippen molar-refractivity contribution in [2.75, 3.05) is 5.75 Å². The minimum atomic E-state index is -1.04. The van der Waals surface area contributed by atoms with Crippen molar-refractivity contribution in [3.05, 3.63) is 71.1 Å². The first-order valence-corrected chi connectivity index (χ1v) is 9.09. The van der Waals surface area contributed by atoms with Gasteiger partial charge in [-0.3, -0.25) is 14.2 Å². The molecule has 1 N–H and O–H groups in total. The second kappa shape index (κ2) is 7.28. The van der Waals surface area contributed by atoms with Gasteiger partial charge in [-0.2, -0.15) is 0 Å². The summed E-state index contributed by atoms with van der Waals surface area (Å²) in [6, 6.07) is 10.3. The molecule has 28 heavy (non-hydrogen) atoms. The number of nitrogens with zero attached hydrogens (tertiary/aromatic N) is 3. The smallest absolute Gasteiger partial charge is 0.313 e. The number of thioether (sulfide) groups is 1. The quantitative estimate of drug-likeness (QED) is 0.407. The van der Waals surface area contributed by atoms with Crippen molar-refractivity contribution in [1.29, 1.82) is 0 Å². The highest BCUT2D eigenvalue weighted by Crippen LogP contribution is 2.25. The highest BCUT2D eigenvalue weighted by molar-refractivity contribution is 7.99. The van der Waals surface area contributed by atoms with E-state index in [0.717, 1.165) is 11.8 Å². The van der Waals surface area contributed by atoms with E-state index in [1.165, 1.54) is 41.3 Å². The summed E-state index contributed by atoms with van der Waals surface area (Å²) >= 11 is 0.906. The van der Waals surface area contributed by atoms with Crippen LogP contribution in [0.5, 0.6) is 0 Å². The molecule has 0 bridgehead atoms. The average molecular weight is 397 g/mol. The molecule has 2 heterocycles. The Labute approximate surface area is 161 Å². The molecule has 0 saturated carbocycles. The molecule has 0 radical (unpaired) electrons. The van der Waals surface area contributed by atoms with Gasteiger partial charge in [0.25, 0.3) is 5.56 Å². The maximum Gasteiger partial charge on any atom is 0.313 e. The minimum absolute atomic E-state index is 0.191. The molecule has 7 nitrogen and oxygen atoms in total. The third kappa shape index (κ3) is 3.39. The van der Waals surface area contributed by atoms with E-state index in [2.05, 4.69) is 9.97 Å². The van der Waals surface area contributed by atoms with E-state index in [4.69, 9.17) is 9.52 Å². The van der Waals surface area contributed by atoms with Crippen LogP contribution in [0.2, 0.25) is 0 Å². The lowest BCUT2D eigenvalue weighted by molar-refractivity contribution is -0.133. The van der Waals surface area contributed by atoms with E-state index in [9.17, 15) is 14.0 Å². The van der Waals surface area contributed by atoms with Crippen LogP contribution >= 0.6 is 11.8 Å². The number of benzene rings is 2. The van der Waals surface area contributed by atoms with Crippen LogP contribution in [0.3, 0.4) is 0 Å². The zero-order valence-corrected chi connectivity index (χ0v) is 15.0. The Balaban J connectivity index is 1.93. The second-order valence-electron chi connectivity index (χ2n) is 5.76. The van der Waals surface area contributed by atoms with Crippen LogP contribution in [-0.4, -0.2) is 31.4 Å². The van der Waals surface area contributed by atoms with Gasteiger partial charge in [-0.25, -0.2) is 14.4 Å². The molecule has 4 aromatic rings. The molecule has 140 valence electrons. The highest BCUT2D eigenvalue weighted by atomic mass is 32.2. The zero-order valence-electron chi connectivity index (χ0n) is 14.2. The molecule has 9 heteroatoms. The Morgan fingerprint density at radius 3 is 2.68 bits per heavy atom. The topological polar surface area (TPSA) is 98.2 Å². The summed E-state index contributed by atoms with van der Waals surface area (Å²) in [4.78, 5) is 32.7. The van der Waals surface area contributed by atoms with Crippen molar-refractivity contribution in [3.8, 4) is 17.1 Å². The second-order valence-corrected chi connectivity index (χ2v) is 6.71. The Morgan fingerprint density at radius 1 is 1.21 bits per heavy atom. The molecule has 0 amide bonds. The van der Waals surface area contributed by atoms with E-state index in [0.29, 0.717) is 28.0 Å². The summed E-state index contributed by atoms with van der Waals surface area (Å²) in [7, 11) is 0. The maximum absolute atomic E-state index is 13.3. The monoisotopic (exact) mass is 397 g/mol. The molecule has 0 unspecified atom stereocenters. The van der Waals surface area contributed by atoms with Crippen LogP contribution < -0.4 is 5.56 Å². The number of carbonyl (C=O) groups is 1. The average Bonchev–Trinajstić information content (AvgIpc) is 3.22. The van der Waals surface area contributed by atoms with Gasteiger partial charge in [0, 0.05) is 5.56 Å². The van der Waals surface area contributed by atoms with Crippen molar-refractivity contribution in [2.45, 2.75) is 5.16 Å². The molecule has 0 aliphatic rings. The molecule has 4 rings (SSSR count). The zero-order chi connectivity index (χ0) is 19.7. The van der Waals surface area contributed by atoms with Crippen LogP contribution in [0, 0.1) is 5.82 Å². The fourth-order valence-electron chi connectivity index (χ4n) is 2.71. The number of halogens is 1. The third-order valence-corrected chi connectivity index (χ3v) is 4.85. The van der Waals surface area contributed by atoms with Gasteiger partial charge in [-0.15, -0.1) is 0 Å². The largest absolute Gasteiger partial charge is 0.481 e. The number of carboxylic acid groups (broad SMARTS) is 1. The van der Waals surface area contributed by atoms with Gasteiger partial charge in [0.2, 0.25) is 5.89 Å². The third-order valence-electron chi connectivity index (χ3n) is 3.93. The number of oxazole rings is 1. The molecule has 0 atom stereocenters. The van der Waals surface area contributed by atoms with Crippen LogP contribution in [-0.2, 0) is 4.79 Å². The first kappa shape index (κ1) is 17.9. The van der Waals surface area contributed by atoms with Crippen LogP contribution in [0.1, 0.15) is 0 Å². The Bertz CT molecular complexity index is 1220. The lowest BCUT2D eigenvalue weighted by Gasteiger charge is -2.13. The fourth-order valence-corrected chi connectivity index (χ4v) is 3.44. The molecular formula is C19H12FN3O4S. The summed E-state index contributed by atoms with van der Waals surface area (Å²) < 4.78 is 19.8. The van der Waals surface area contributed by atoms with Crippen LogP contribution in [0.25, 0.3) is 28.0 Å². The number of rotatable bonds is 5. The van der Waals surface area contributed by atoms with Crippen LogP contribution in [0.4, 0.5) is 4.39 Å². The van der Waals surface area contributed by atoms with E-state index >= 15 is 0 Å². The van der Waals surface area contributed by atoms with Crippen molar-refractivity contribution in [3.63, 3.8) is 0 Å². The maximum atomic E-state index is 13.3. The predicted molar refractivity (Wildman–Crippen MR) is 101 cm³/mol. The molecule has 0 spiro atoms. The van der Waals surface area contributed by atoms with Crippen molar-refractivity contribution < 1.29 is 18.7 Å². The number of hydrogen-bond donors (Lipinski definition) is 1. The lowest BCUT2D eigenvalue weighted by atomic mass is 10.1. The van der Waals surface area contributed by atoms with Crippen molar-refractivity contribution >= 4 is 28.6 Å². The van der Waals surface area contributed by atoms with Gasteiger partial charge >= 0.3 is 5.97 Å². The van der Waals surface area contributed by atoms with Gasteiger partial charge in [0.15, 0.2) is 5.16 Å². The standard InChI is InChI=1S/C19H12FN3O4S/c20-12-2-4-13(5-3-12)23-18(26)14-6-1-11(17-21-7-8-27-17)9-15(14)22-19(23)28-10-16(24)25/h1-9H,10H2,(H,24,25). The molecule has 0 fully saturated rings. The summed E-state index contributed by atoms with van der Waals surface area (Å²) in [6.07, 6.45) is 2.95. The molecular weight excluding hydrogens is 385 g/mol. The van der Waals surface area contributed by atoms with Gasteiger partial charge < -0.3 is 9.52 Å². The molecule has 2 aromatic carbocycles. The van der Waals surface area contributed by atoms with Gasteiger partial charge in [0.05, 0.1) is 28.5 Å². The minimum Gasteiger partial charge on any atom is -0.481 e. The predicted octanol–water partition coefficient (Wildman–Crippen LogP) is 3.36. The summed E-state index contributed by atoms with van der Waals surface area (Å²) in [6.45, 7) is 0. The van der Waals surface area contributed by atoms with Crippen molar-refractivity contribution in [1.82, 2.24) is 14.5 Å². The SMILES string of the molecule is O=C(O)CSc1nc2cc(-c3ncco3)ccc2c(=O)n1-c1ccc(F)cc1. The Hall–Kier alpha value is -3.46. The first-order valence-electron chi connectivity index (χ1n) is 8.10. The van der Waals surface area contributed by atoms with E-state index in [1.54, 1.807) is 18.2 Å². The van der Waals surface area contributed by atoms with Crippen LogP contribution in [0.15, 0.2) is 69.3 Å². The Kier molecular flexibility index (Phi) is 4.66. The summed E-state index contributed by atoms with van der Waals surface area (Å²) in [5.74, 6) is -1.39. The molecule has 0 aliphatic heterocycles. The van der Waals surface area contributed by atoms with Gasteiger partial charge in [-0.1, -0.05) is 11.8 Å². The fraction of sp³-hybridized carbons (Fsp3) is 0.0526. The summed E-state index contributed by atoms with van der Waals surface area (Å²) in [5.41, 5.74) is 1.03. The number of carboxylic acids is 1. The molecule has 0 saturated heterocycles. The highest BCUT2D eigenvalue weighted by Gasteiger charge is 2.16. The van der Waals surface area contributed by atoms with Gasteiger partial charge in [0.1, 0.15) is 12.1 Å². The number of aliphatic carboxylic acids is 1. The lowest BCUT2D eigenvalue weighted by Crippen LogP contribution is -2.22. The van der Waals surface area contributed by atoms with E-state index in [1.807, 2.05) is 0 Å². The van der Waals surface area contributed by atoms with Gasteiger partial charge in [-0.05, 0) is 42.5 Å². The van der Waals surface area contributed by atoms with E-state index < -0.39 is 11.8 Å². The van der Waals surface area contributed by atoms with Crippen molar-refractivity contribution in [2.24, 2.45) is 0 Å².